The number of urea groups is 1. The van der Waals surface area contributed by atoms with Gasteiger partial charge in [0, 0.05) is 6.04 Å². The normalized spacial score (nSPS) is 31.8. The highest BCUT2D eigenvalue weighted by molar-refractivity contribution is 6.09. The summed E-state index contributed by atoms with van der Waals surface area (Å²) in [5.41, 5.74) is -0.751. The molecule has 3 aliphatic rings. The Morgan fingerprint density at radius 1 is 1.28 bits per heavy atom. The van der Waals surface area contributed by atoms with Gasteiger partial charge in [-0.05, 0) is 68.1 Å². The van der Waals surface area contributed by atoms with Crippen molar-refractivity contribution in [2.45, 2.75) is 57.5 Å². The van der Waals surface area contributed by atoms with Gasteiger partial charge in [-0.15, -0.1) is 0 Å². The first-order valence-electron chi connectivity index (χ1n) is 10.5. The number of halogens is 1. The molecule has 156 valence electrons. The average molecular weight is 401 g/mol. The lowest BCUT2D eigenvalue weighted by Crippen LogP contribution is -2.47. The number of carbonyl (C=O) groups excluding carboxylic acids is 3. The van der Waals surface area contributed by atoms with Crippen molar-refractivity contribution < 1.29 is 18.8 Å². The van der Waals surface area contributed by atoms with E-state index < -0.39 is 23.3 Å². The predicted molar refractivity (Wildman–Crippen MR) is 105 cm³/mol. The van der Waals surface area contributed by atoms with Crippen LogP contribution in [-0.4, -0.2) is 35.3 Å². The number of nitrogens with one attached hydrogen (secondary N) is 2. The van der Waals surface area contributed by atoms with Gasteiger partial charge in [0.25, 0.3) is 5.91 Å². The number of hydrogen-bond donors (Lipinski definition) is 2. The first-order valence-corrected chi connectivity index (χ1v) is 10.5. The summed E-state index contributed by atoms with van der Waals surface area (Å²) >= 11 is 0. The molecule has 6 nitrogen and oxygen atoms in total. The highest BCUT2D eigenvalue weighted by Crippen LogP contribution is 2.49. The fraction of sp³-hybridized carbons (Fsp3) is 0.591. The summed E-state index contributed by atoms with van der Waals surface area (Å²) in [7, 11) is 0. The molecule has 7 heteroatoms. The Hall–Kier alpha value is -2.44. The van der Waals surface area contributed by atoms with Crippen LogP contribution in [0.3, 0.4) is 0 Å². The largest absolute Gasteiger partial charge is 0.352 e. The summed E-state index contributed by atoms with van der Waals surface area (Å²) in [5, 5.41) is 5.73. The van der Waals surface area contributed by atoms with Crippen molar-refractivity contribution in [3.63, 3.8) is 0 Å². The summed E-state index contributed by atoms with van der Waals surface area (Å²) < 4.78 is 13.3. The maximum absolute atomic E-state index is 13.3. The zero-order valence-electron chi connectivity index (χ0n) is 16.9. The maximum Gasteiger partial charge on any atom is 0.325 e. The summed E-state index contributed by atoms with van der Waals surface area (Å²) in [6.45, 7) is 3.49. The van der Waals surface area contributed by atoms with Gasteiger partial charge in [0.15, 0.2) is 0 Å². The minimum atomic E-state index is -1.26. The molecule has 5 unspecified atom stereocenters. The first-order chi connectivity index (χ1) is 13.8. The molecule has 5 atom stereocenters. The van der Waals surface area contributed by atoms with E-state index in [1.54, 1.807) is 6.92 Å². The van der Waals surface area contributed by atoms with Crippen LogP contribution in [-0.2, 0) is 15.1 Å². The van der Waals surface area contributed by atoms with E-state index in [0.717, 1.165) is 17.2 Å². The standard InChI is InChI=1S/C22H28FN3O3/c1-3-22(16-6-8-17(23)9-7-16)20(28)26(21(29)25-22)12-19(27)24-13(2)18-11-14-4-5-15(18)10-14/h6-9,13-15,18H,3-5,10-12H2,1-2H3,(H,24,27)(H,25,29). The van der Waals surface area contributed by atoms with Crippen LogP contribution in [0.25, 0.3) is 0 Å². The van der Waals surface area contributed by atoms with Crippen molar-refractivity contribution in [2.24, 2.45) is 17.8 Å². The van der Waals surface area contributed by atoms with Gasteiger partial charge in [-0.25, -0.2) is 9.18 Å². The van der Waals surface area contributed by atoms with Crippen LogP contribution in [0.2, 0.25) is 0 Å². The smallest absolute Gasteiger partial charge is 0.325 e. The molecule has 29 heavy (non-hydrogen) atoms. The molecular formula is C22H28FN3O3. The highest BCUT2D eigenvalue weighted by Gasteiger charge is 2.51. The molecule has 1 aliphatic heterocycles. The van der Waals surface area contributed by atoms with Crippen molar-refractivity contribution >= 4 is 17.8 Å². The third kappa shape index (κ3) is 3.40. The van der Waals surface area contributed by atoms with E-state index in [9.17, 15) is 18.8 Å². The van der Waals surface area contributed by atoms with Crippen molar-refractivity contribution in [3.05, 3.63) is 35.6 Å². The number of carbonyl (C=O) groups is 3. The van der Waals surface area contributed by atoms with Crippen LogP contribution in [0.4, 0.5) is 9.18 Å². The van der Waals surface area contributed by atoms with Crippen LogP contribution < -0.4 is 10.6 Å². The molecule has 1 aromatic carbocycles. The molecule has 1 heterocycles. The van der Waals surface area contributed by atoms with E-state index in [0.29, 0.717) is 23.8 Å². The van der Waals surface area contributed by atoms with Gasteiger partial charge in [-0.2, -0.15) is 0 Å². The molecule has 4 rings (SSSR count). The predicted octanol–water partition coefficient (Wildman–Crippen LogP) is 2.92. The molecule has 2 aliphatic carbocycles. The SMILES string of the molecule is CCC1(c2ccc(F)cc2)NC(=O)N(CC(=O)NC(C)C2CC3CCC2C3)C1=O. The lowest BCUT2D eigenvalue weighted by Gasteiger charge is -2.29. The van der Waals surface area contributed by atoms with Crippen molar-refractivity contribution in [1.82, 2.24) is 15.5 Å². The fourth-order valence-electron chi connectivity index (χ4n) is 5.60. The molecule has 1 aromatic rings. The van der Waals surface area contributed by atoms with E-state index in [1.165, 1.54) is 43.5 Å². The van der Waals surface area contributed by atoms with E-state index >= 15 is 0 Å². The lowest BCUT2D eigenvalue weighted by atomic mass is 9.84. The monoisotopic (exact) mass is 401 g/mol. The van der Waals surface area contributed by atoms with Gasteiger partial charge in [-0.3, -0.25) is 14.5 Å². The molecule has 0 spiro atoms. The third-order valence-corrected chi connectivity index (χ3v) is 7.17. The molecular weight excluding hydrogens is 373 g/mol. The van der Waals surface area contributed by atoms with E-state index in [1.807, 2.05) is 6.92 Å². The zero-order valence-corrected chi connectivity index (χ0v) is 16.9. The van der Waals surface area contributed by atoms with Gasteiger partial charge in [0.1, 0.15) is 17.9 Å². The quantitative estimate of drug-likeness (QED) is 0.720. The number of fused-ring (bicyclic) bond motifs is 2. The van der Waals surface area contributed by atoms with E-state index in [-0.39, 0.29) is 18.5 Å². The van der Waals surface area contributed by atoms with Gasteiger partial charge < -0.3 is 10.6 Å². The number of imide groups is 1. The number of benzene rings is 1. The second-order valence-corrected chi connectivity index (χ2v) is 8.78. The Labute approximate surface area is 170 Å². The number of nitrogens with zero attached hydrogens (tertiary/aromatic N) is 1. The van der Waals surface area contributed by atoms with Crippen LogP contribution in [0.1, 0.15) is 51.5 Å². The molecule has 3 fully saturated rings. The van der Waals surface area contributed by atoms with Crippen LogP contribution in [0, 0.1) is 23.6 Å². The third-order valence-electron chi connectivity index (χ3n) is 7.17. The minimum absolute atomic E-state index is 0.0339. The Bertz CT molecular complexity index is 827. The van der Waals surface area contributed by atoms with Gasteiger partial charge in [-0.1, -0.05) is 25.5 Å². The average Bonchev–Trinajstić information content (AvgIpc) is 3.39. The summed E-state index contributed by atoms with van der Waals surface area (Å²) in [4.78, 5) is 39.2. The zero-order chi connectivity index (χ0) is 20.8. The highest BCUT2D eigenvalue weighted by atomic mass is 19.1. The Kier molecular flexibility index (Phi) is 5.09. The molecule has 0 aromatic heterocycles. The van der Waals surface area contributed by atoms with Crippen LogP contribution >= 0.6 is 0 Å². The van der Waals surface area contributed by atoms with Crippen LogP contribution in [0.15, 0.2) is 24.3 Å². The van der Waals surface area contributed by atoms with Gasteiger partial charge in [0.05, 0.1) is 0 Å². The topological polar surface area (TPSA) is 78.5 Å². The summed E-state index contributed by atoms with van der Waals surface area (Å²) in [5.74, 6) is 0.737. The number of rotatable bonds is 6. The molecule has 2 bridgehead atoms. The Morgan fingerprint density at radius 2 is 2.00 bits per heavy atom. The molecule has 2 N–H and O–H groups in total. The molecule has 2 saturated carbocycles. The van der Waals surface area contributed by atoms with Crippen molar-refractivity contribution in [2.75, 3.05) is 6.54 Å². The second kappa shape index (κ2) is 7.43. The van der Waals surface area contributed by atoms with Crippen molar-refractivity contribution in [1.29, 1.82) is 0 Å². The lowest BCUT2D eigenvalue weighted by molar-refractivity contribution is -0.135. The van der Waals surface area contributed by atoms with Crippen molar-refractivity contribution in [3.8, 4) is 0 Å². The molecule has 1 saturated heterocycles. The van der Waals surface area contributed by atoms with Crippen LogP contribution in [0.5, 0.6) is 0 Å². The number of amides is 4. The summed E-state index contributed by atoms with van der Waals surface area (Å²) in [6.07, 6.45) is 5.25. The Balaban J connectivity index is 1.43. The Morgan fingerprint density at radius 3 is 2.59 bits per heavy atom. The first kappa shape index (κ1) is 19.9. The van der Waals surface area contributed by atoms with Gasteiger partial charge >= 0.3 is 6.03 Å². The summed E-state index contributed by atoms with van der Waals surface area (Å²) in [6, 6.07) is 4.96. The minimum Gasteiger partial charge on any atom is -0.352 e. The second-order valence-electron chi connectivity index (χ2n) is 8.78. The maximum atomic E-state index is 13.3. The fourth-order valence-corrected chi connectivity index (χ4v) is 5.60. The molecule has 4 amide bonds. The number of hydrogen-bond acceptors (Lipinski definition) is 3. The van der Waals surface area contributed by atoms with E-state index in [4.69, 9.17) is 0 Å². The molecule has 0 radical (unpaired) electrons. The van der Waals surface area contributed by atoms with E-state index in [2.05, 4.69) is 10.6 Å². The van der Waals surface area contributed by atoms with Gasteiger partial charge in [0.2, 0.25) is 5.91 Å².